The van der Waals surface area contributed by atoms with Crippen LogP contribution in [0.4, 0.5) is 5.69 Å². The van der Waals surface area contributed by atoms with Crippen molar-refractivity contribution in [3.8, 4) is 5.75 Å². The van der Waals surface area contributed by atoms with Crippen LogP contribution in [0.2, 0.25) is 0 Å². The first-order chi connectivity index (χ1) is 6.77. The van der Waals surface area contributed by atoms with Gasteiger partial charge in [-0.2, -0.15) is 0 Å². The molecule has 2 N–H and O–H groups in total. The number of β-amino-alcohol motifs (C(OH)–C–C–N with tert-alkyl or cyclic N) is 1. The van der Waals surface area contributed by atoms with E-state index in [4.69, 9.17) is 0 Å². The van der Waals surface area contributed by atoms with Crippen molar-refractivity contribution in [1.82, 2.24) is 0 Å². The lowest BCUT2D eigenvalue weighted by Crippen LogP contribution is -2.38. The Morgan fingerprint density at radius 3 is 2.79 bits per heavy atom. The summed E-state index contributed by atoms with van der Waals surface area (Å²) in [6, 6.07) is 7.26. The summed E-state index contributed by atoms with van der Waals surface area (Å²) in [5.74, 6) is 0.293. The molecule has 3 nitrogen and oxygen atoms in total. The number of benzene rings is 1. The molecule has 76 valence electrons. The highest BCUT2D eigenvalue weighted by atomic mass is 16.3. The third-order valence-electron chi connectivity index (χ3n) is 2.62. The Morgan fingerprint density at radius 1 is 1.29 bits per heavy atom. The van der Waals surface area contributed by atoms with E-state index in [0.717, 1.165) is 25.1 Å². The van der Waals surface area contributed by atoms with Gasteiger partial charge in [0.2, 0.25) is 0 Å². The molecule has 0 spiro atoms. The number of hydrogen-bond donors (Lipinski definition) is 2. The maximum absolute atomic E-state index is 9.63. The first-order valence-electron chi connectivity index (χ1n) is 4.98. The molecule has 14 heavy (non-hydrogen) atoms. The summed E-state index contributed by atoms with van der Waals surface area (Å²) in [6.45, 7) is 1.53. The van der Waals surface area contributed by atoms with Crippen molar-refractivity contribution in [2.24, 2.45) is 0 Å². The molecule has 3 heteroatoms. The second-order valence-electron chi connectivity index (χ2n) is 3.73. The maximum atomic E-state index is 9.63. The first-order valence-corrected chi connectivity index (χ1v) is 4.98. The summed E-state index contributed by atoms with van der Waals surface area (Å²) < 4.78 is 0. The number of aromatic hydroxyl groups is 1. The highest BCUT2D eigenvalue weighted by Crippen LogP contribution is 2.28. The Hall–Kier alpha value is -1.22. The molecule has 1 aromatic carbocycles. The van der Waals surface area contributed by atoms with Crippen LogP contribution >= 0.6 is 0 Å². The standard InChI is InChI=1S/C11H15NO2/c13-9-4-3-7-12(8-9)10-5-1-2-6-11(10)14/h1-2,5-6,9,13-14H,3-4,7-8H2. The lowest BCUT2D eigenvalue weighted by molar-refractivity contribution is 0.154. The van der Waals surface area contributed by atoms with Gasteiger partial charge in [0.15, 0.2) is 0 Å². The lowest BCUT2D eigenvalue weighted by atomic mass is 10.1. The van der Waals surface area contributed by atoms with Gasteiger partial charge in [-0.3, -0.25) is 0 Å². The number of nitrogens with zero attached hydrogens (tertiary/aromatic N) is 1. The average Bonchev–Trinajstić information content (AvgIpc) is 2.18. The molecule has 2 rings (SSSR count). The highest BCUT2D eigenvalue weighted by molar-refractivity contribution is 5.57. The molecule has 1 saturated heterocycles. The fourth-order valence-electron chi connectivity index (χ4n) is 1.91. The van der Waals surface area contributed by atoms with E-state index in [1.54, 1.807) is 12.1 Å². The Balaban J connectivity index is 2.18. The topological polar surface area (TPSA) is 43.7 Å². The van der Waals surface area contributed by atoms with Crippen molar-refractivity contribution in [1.29, 1.82) is 0 Å². The minimum absolute atomic E-state index is 0.261. The van der Waals surface area contributed by atoms with Crippen molar-refractivity contribution >= 4 is 5.69 Å². The molecular formula is C11H15NO2. The molecule has 0 amide bonds. The smallest absolute Gasteiger partial charge is 0.138 e. The SMILES string of the molecule is Oc1ccccc1N1CCCC(O)C1. The first kappa shape index (κ1) is 9.34. The summed E-state index contributed by atoms with van der Waals surface area (Å²) in [6.07, 6.45) is 1.59. The summed E-state index contributed by atoms with van der Waals surface area (Å²) in [4.78, 5) is 2.03. The largest absolute Gasteiger partial charge is 0.506 e. The number of aliphatic hydroxyl groups excluding tert-OH is 1. The van der Waals surface area contributed by atoms with Gasteiger partial charge >= 0.3 is 0 Å². The van der Waals surface area contributed by atoms with Crippen LogP contribution in [-0.4, -0.2) is 29.4 Å². The Labute approximate surface area is 83.6 Å². The van der Waals surface area contributed by atoms with Crippen molar-refractivity contribution in [2.45, 2.75) is 18.9 Å². The van der Waals surface area contributed by atoms with Crippen molar-refractivity contribution in [3.05, 3.63) is 24.3 Å². The van der Waals surface area contributed by atoms with Crippen LogP contribution in [-0.2, 0) is 0 Å². The van der Waals surface area contributed by atoms with E-state index in [-0.39, 0.29) is 6.10 Å². The fourth-order valence-corrected chi connectivity index (χ4v) is 1.91. The van der Waals surface area contributed by atoms with E-state index >= 15 is 0 Å². The number of hydrogen-bond acceptors (Lipinski definition) is 3. The van der Waals surface area contributed by atoms with Gasteiger partial charge in [0.05, 0.1) is 11.8 Å². The normalized spacial score (nSPS) is 22.4. The minimum Gasteiger partial charge on any atom is -0.506 e. The van der Waals surface area contributed by atoms with E-state index < -0.39 is 0 Å². The van der Waals surface area contributed by atoms with Crippen LogP contribution in [0.1, 0.15) is 12.8 Å². The molecule has 1 aliphatic heterocycles. The number of aliphatic hydroxyl groups is 1. The zero-order chi connectivity index (χ0) is 9.97. The summed E-state index contributed by atoms with van der Waals surface area (Å²) >= 11 is 0. The van der Waals surface area contributed by atoms with Gasteiger partial charge in [-0.05, 0) is 25.0 Å². The molecule has 1 unspecified atom stereocenters. The maximum Gasteiger partial charge on any atom is 0.138 e. The second-order valence-corrected chi connectivity index (χ2v) is 3.73. The van der Waals surface area contributed by atoms with Gasteiger partial charge in [-0.25, -0.2) is 0 Å². The zero-order valence-corrected chi connectivity index (χ0v) is 8.06. The predicted molar refractivity (Wildman–Crippen MR) is 55.6 cm³/mol. The van der Waals surface area contributed by atoms with E-state index in [1.807, 2.05) is 17.0 Å². The second kappa shape index (κ2) is 3.88. The van der Waals surface area contributed by atoms with Crippen molar-refractivity contribution in [3.63, 3.8) is 0 Å². The van der Waals surface area contributed by atoms with E-state index in [1.165, 1.54) is 0 Å². The average molecular weight is 193 g/mol. The Kier molecular flexibility index (Phi) is 2.59. The molecule has 0 aromatic heterocycles. The van der Waals surface area contributed by atoms with Crippen molar-refractivity contribution in [2.75, 3.05) is 18.0 Å². The number of piperidine rings is 1. The van der Waals surface area contributed by atoms with E-state index in [0.29, 0.717) is 12.3 Å². The Morgan fingerprint density at radius 2 is 2.07 bits per heavy atom. The van der Waals surface area contributed by atoms with Crippen LogP contribution in [0.5, 0.6) is 5.75 Å². The predicted octanol–water partition coefficient (Wildman–Crippen LogP) is 1.35. The molecule has 0 bridgehead atoms. The molecular weight excluding hydrogens is 178 g/mol. The van der Waals surface area contributed by atoms with Gasteiger partial charge in [0.1, 0.15) is 5.75 Å². The highest BCUT2D eigenvalue weighted by Gasteiger charge is 2.19. The van der Waals surface area contributed by atoms with Crippen LogP contribution in [0, 0.1) is 0 Å². The third-order valence-corrected chi connectivity index (χ3v) is 2.62. The van der Waals surface area contributed by atoms with Gasteiger partial charge in [0, 0.05) is 13.1 Å². The number of phenols is 1. The number of phenolic OH excluding ortho intramolecular Hbond substituents is 1. The van der Waals surface area contributed by atoms with Crippen LogP contribution < -0.4 is 4.90 Å². The number of rotatable bonds is 1. The fraction of sp³-hybridized carbons (Fsp3) is 0.455. The Bertz CT molecular complexity index is 314. The van der Waals surface area contributed by atoms with Gasteiger partial charge < -0.3 is 15.1 Å². The molecule has 1 aromatic rings. The van der Waals surface area contributed by atoms with Crippen LogP contribution in [0.25, 0.3) is 0 Å². The molecule has 0 radical (unpaired) electrons. The quantitative estimate of drug-likeness (QED) is 0.707. The van der Waals surface area contributed by atoms with Gasteiger partial charge in [-0.1, -0.05) is 12.1 Å². The molecule has 1 atom stereocenters. The summed E-state index contributed by atoms with van der Waals surface area (Å²) in [5, 5.41) is 19.1. The van der Waals surface area contributed by atoms with Crippen LogP contribution in [0.3, 0.4) is 0 Å². The lowest BCUT2D eigenvalue weighted by Gasteiger charge is -2.32. The van der Waals surface area contributed by atoms with Crippen molar-refractivity contribution < 1.29 is 10.2 Å². The number of anilines is 1. The molecule has 0 saturated carbocycles. The monoisotopic (exact) mass is 193 g/mol. The molecule has 1 heterocycles. The minimum atomic E-state index is -0.261. The van der Waals surface area contributed by atoms with E-state index in [9.17, 15) is 10.2 Å². The number of para-hydroxylation sites is 2. The molecule has 1 fully saturated rings. The zero-order valence-electron chi connectivity index (χ0n) is 8.06. The molecule has 1 aliphatic rings. The van der Waals surface area contributed by atoms with Gasteiger partial charge in [0.25, 0.3) is 0 Å². The summed E-state index contributed by atoms with van der Waals surface area (Å²) in [5.41, 5.74) is 0.825. The summed E-state index contributed by atoms with van der Waals surface area (Å²) in [7, 11) is 0. The van der Waals surface area contributed by atoms with Gasteiger partial charge in [-0.15, -0.1) is 0 Å². The molecule has 0 aliphatic carbocycles. The van der Waals surface area contributed by atoms with Crippen LogP contribution in [0.15, 0.2) is 24.3 Å². The third kappa shape index (κ3) is 1.82. The van der Waals surface area contributed by atoms with E-state index in [2.05, 4.69) is 0 Å².